The number of ether oxygens (including phenoxy) is 1. The average Bonchev–Trinajstić information content (AvgIpc) is 3.43. The Hall–Kier alpha value is -2.03. The van der Waals surface area contributed by atoms with Gasteiger partial charge in [-0.25, -0.2) is 23.5 Å². The summed E-state index contributed by atoms with van der Waals surface area (Å²) < 4.78 is 28.1. The number of morpholine rings is 1. The van der Waals surface area contributed by atoms with Gasteiger partial charge < -0.3 is 9.64 Å². The van der Waals surface area contributed by atoms with Gasteiger partial charge in [-0.1, -0.05) is 12.1 Å². The van der Waals surface area contributed by atoms with Crippen LogP contribution in [0, 0.1) is 0 Å². The molecule has 25 heavy (non-hydrogen) atoms. The van der Waals surface area contributed by atoms with Gasteiger partial charge in [0.2, 0.25) is 16.0 Å². The number of aromatic nitrogens is 2. The molecule has 2 aliphatic rings. The molecule has 7 nitrogen and oxygen atoms in total. The number of benzene rings is 1. The molecule has 0 radical (unpaired) electrons. The lowest BCUT2D eigenvalue weighted by atomic mass is 10.1. The van der Waals surface area contributed by atoms with Gasteiger partial charge in [0.15, 0.2) is 0 Å². The molecule has 2 fully saturated rings. The Morgan fingerprint density at radius 1 is 1.08 bits per heavy atom. The quantitative estimate of drug-likeness (QED) is 0.881. The van der Waals surface area contributed by atoms with Crippen molar-refractivity contribution in [1.82, 2.24) is 9.97 Å². The van der Waals surface area contributed by atoms with Crippen LogP contribution in [-0.2, 0) is 14.8 Å². The first-order valence-electron chi connectivity index (χ1n) is 8.31. The number of sulfonamides is 1. The van der Waals surface area contributed by atoms with E-state index in [9.17, 15) is 8.42 Å². The third kappa shape index (κ3) is 3.51. The molecule has 1 aliphatic heterocycles. The van der Waals surface area contributed by atoms with Gasteiger partial charge in [0, 0.05) is 30.9 Å². The van der Waals surface area contributed by atoms with Gasteiger partial charge in [0.1, 0.15) is 0 Å². The van der Waals surface area contributed by atoms with Crippen molar-refractivity contribution in [2.75, 3.05) is 31.2 Å². The summed E-state index contributed by atoms with van der Waals surface area (Å²) in [4.78, 5) is 11.4. The fourth-order valence-corrected chi connectivity index (χ4v) is 3.79. The summed E-state index contributed by atoms with van der Waals surface area (Å²) >= 11 is 0. The molecule has 0 spiro atoms. The summed E-state index contributed by atoms with van der Waals surface area (Å²) in [7, 11) is -3.64. The molecular formula is C17H20N4O3S. The van der Waals surface area contributed by atoms with Gasteiger partial charge in [-0.05, 0) is 36.1 Å². The summed E-state index contributed by atoms with van der Waals surface area (Å²) in [5, 5.41) is 5.15. The van der Waals surface area contributed by atoms with E-state index < -0.39 is 10.0 Å². The Bertz CT molecular complexity index is 864. The van der Waals surface area contributed by atoms with E-state index in [1.807, 2.05) is 24.4 Å². The van der Waals surface area contributed by atoms with E-state index in [-0.39, 0.29) is 4.90 Å². The van der Waals surface area contributed by atoms with Crippen molar-refractivity contribution in [3.63, 3.8) is 0 Å². The second-order valence-electron chi connectivity index (χ2n) is 6.44. The van der Waals surface area contributed by atoms with Crippen LogP contribution in [0.3, 0.4) is 0 Å². The summed E-state index contributed by atoms with van der Waals surface area (Å²) in [6.07, 6.45) is 2.82. The SMILES string of the molecule is NS(=O)(=O)c1ccc([C@@H]2C[C@H]2c2ccnc(N3CCOCC3)n2)cc1. The number of rotatable bonds is 4. The molecule has 1 saturated carbocycles. The molecule has 1 saturated heterocycles. The van der Waals surface area contributed by atoms with Crippen LogP contribution in [0.25, 0.3) is 0 Å². The van der Waals surface area contributed by atoms with Crippen molar-refractivity contribution in [2.45, 2.75) is 23.2 Å². The Kier molecular flexibility index (Phi) is 4.18. The van der Waals surface area contributed by atoms with Crippen LogP contribution >= 0.6 is 0 Å². The summed E-state index contributed by atoms with van der Waals surface area (Å²) in [6, 6.07) is 8.79. The summed E-state index contributed by atoms with van der Waals surface area (Å²) in [5.41, 5.74) is 2.15. The van der Waals surface area contributed by atoms with Gasteiger partial charge in [-0.15, -0.1) is 0 Å². The molecule has 1 aromatic heterocycles. The summed E-state index contributed by atoms with van der Waals surface area (Å²) in [6.45, 7) is 3.03. The molecule has 8 heteroatoms. The zero-order chi connectivity index (χ0) is 17.4. The van der Waals surface area contributed by atoms with E-state index in [2.05, 4.69) is 9.88 Å². The predicted octanol–water partition coefficient (Wildman–Crippen LogP) is 1.23. The lowest BCUT2D eigenvalue weighted by Crippen LogP contribution is -2.37. The van der Waals surface area contributed by atoms with Crippen LogP contribution in [0.1, 0.15) is 29.5 Å². The largest absolute Gasteiger partial charge is 0.378 e. The molecule has 1 aliphatic carbocycles. The van der Waals surface area contributed by atoms with Crippen LogP contribution in [-0.4, -0.2) is 44.7 Å². The molecule has 0 amide bonds. The maximum Gasteiger partial charge on any atom is 0.238 e. The monoisotopic (exact) mass is 360 g/mol. The third-order valence-electron chi connectivity index (χ3n) is 4.77. The smallest absolute Gasteiger partial charge is 0.238 e. The van der Waals surface area contributed by atoms with Gasteiger partial charge >= 0.3 is 0 Å². The average molecular weight is 360 g/mol. The molecule has 0 bridgehead atoms. The van der Waals surface area contributed by atoms with E-state index in [4.69, 9.17) is 14.9 Å². The number of nitrogens with two attached hydrogens (primary N) is 1. The van der Waals surface area contributed by atoms with Crippen LogP contribution in [0.4, 0.5) is 5.95 Å². The van der Waals surface area contributed by atoms with Crippen molar-refractivity contribution in [2.24, 2.45) is 5.14 Å². The molecule has 0 unspecified atom stereocenters. The van der Waals surface area contributed by atoms with Crippen LogP contribution in [0.2, 0.25) is 0 Å². The lowest BCUT2D eigenvalue weighted by Gasteiger charge is -2.26. The number of hydrogen-bond acceptors (Lipinski definition) is 6. The highest BCUT2D eigenvalue weighted by Gasteiger charge is 2.41. The van der Waals surface area contributed by atoms with Crippen molar-refractivity contribution in [3.8, 4) is 0 Å². The molecule has 2 atom stereocenters. The Balaban J connectivity index is 1.49. The fourth-order valence-electron chi connectivity index (χ4n) is 3.28. The Labute approximate surface area is 146 Å². The predicted molar refractivity (Wildman–Crippen MR) is 93.0 cm³/mol. The molecule has 4 rings (SSSR count). The fraction of sp³-hybridized carbons (Fsp3) is 0.412. The minimum atomic E-state index is -3.64. The van der Waals surface area contributed by atoms with Crippen LogP contribution in [0.5, 0.6) is 0 Å². The van der Waals surface area contributed by atoms with E-state index in [0.717, 1.165) is 36.7 Å². The lowest BCUT2D eigenvalue weighted by molar-refractivity contribution is 0.122. The second kappa shape index (κ2) is 6.36. The maximum absolute atomic E-state index is 11.4. The van der Waals surface area contributed by atoms with Crippen molar-refractivity contribution >= 4 is 16.0 Å². The Morgan fingerprint density at radius 2 is 1.80 bits per heavy atom. The zero-order valence-electron chi connectivity index (χ0n) is 13.7. The zero-order valence-corrected chi connectivity index (χ0v) is 14.5. The minimum Gasteiger partial charge on any atom is -0.378 e. The summed E-state index contributed by atoms with van der Waals surface area (Å²) in [5.74, 6) is 1.47. The van der Waals surface area contributed by atoms with Crippen molar-refractivity contribution in [3.05, 3.63) is 47.8 Å². The molecule has 2 N–H and O–H groups in total. The normalized spacial score (nSPS) is 23.5. The molecule has 1 aromatic carbocycles. The van der Waals surface area contributed by atoms with E-state index >= 15 is 0 Å². The first-order valence-corrected chi connectivity index (χ1v) is 9.85. The third-order valence-corrected chi connectivity index (χ3v) is 5.69. The number of hydrogen-bond donors (Lipinski definition) is 1. The first kappa shape index (κ1) is 16.4. The first-order chi connectivity index (χ1) is 12.0. The van der Waals surface area contributed by atoms with Crippen LogP contribution in [0.15, 0.2) is 41.4 Å². The molecule has 132 valence electrons. The maximum atomic E-state index is 11.4. The van der Waals surface area contributed by atoms with E-state index in [1.165, 1.54) is 0 Å². The van der Waals surface area contributed by atoms with Gasteiger partial charge in [-0.2, -0.15) is 0 Å². The van der Waals surface area contributed by atoms with Gasteiger partial charge in [0.25, 0.3) is 0 Å². The minimum absolute atomic E-state index is 0.144. The van der Waals surface area contributed by atoms with Crippen molar-refractivity contribution in [1.29, 1.82) is 0 Å². The number of primary sulfonamides is 1. The van der Waals surface area contributed by atoms with E-state index in [0.29, 0.717) is 25.0 Å². The Morgan fingerprint density at radius 3 is 2.48 bits per heavy atom. The van der Waals surface area contributed by atoms with Crippen LogP contribution < -0.4 is 10.0 Å². The number of nitrogens with zero attached hydrogens (tertiary/aromatic N) is 3. The molecular weight excluding hydrogens is 340 g/mol. The van der Waals surface area contributed by atoms with Gasteiger partial charge in [0.05, 0.1) is 18.1 Å². The standard InChI is InChI=1S/C17H20N4O3S/c18-25(22,23)13-3-1-12(2-4-13)14-11-15(14)16-5-6-19-17(20-16)21-7-9-24-10-8-21/h1-6,14-15H,7-11H2,(H2,18,22,23)/t14-,15+/m0/s1. The van der Waals surface area contributed by atoms with Gasteiger partial charge in [-0.3, -0.25) is 0 Å². The van der Waals surface area contributed by atoms with E-state index in [1.54, 1.807) is 12.1 Å². The molecule has 2 aromatic rings. The highest BCUT2D eigenvalue weighted by atomic mass is 32.2. The highest BCUT2D eigenvalue weighted by Crippen LogP contribution is 2.54. The van der Waals surface area contributed by atoms with Crippen molar-refractivity contribution < 1.29 is 13.2 Å². The molecule has 2 heterocycles. The number of anilines is 1. The second-order valence-corrected chi connectivity index (χ2v) is 8.01. The topological polar surface area (TPSA) is 98.4 Å². The highest BCUT2D eigenvalue weighted by molar-refractivity contribution is 7.89.